The van der Waals surface area contributed by atoms with E-state index in [2.05, 4.69) is 9.97 Å². The first-order valence-corrected chi connectivity index (χ1v) is 7.66. The quantitative estimate of drug-likeness (QED) is 0.803. The number of rotatable bonds is 4. The van der Waals surface area contributed by atoms with Crippen LogP contribution >= 0.6 is 10.7 Å². The number of hydrogen-bond acceptors (Lipinski definition) is 4. The third kappa shape index (κ3) is 3.08. The van der Waals surface area contributed by atoms with E-state index < -0.39 is 9.05 Å². The van der Waals surface area contributed by atoms with E-state index in [1.54, 1.807) is 17.7 Å². The van der Waals surface area contributed by atoms with E-state index in [4.69, 9.17) is 10.7 Å². The van der Waals surface area contributed by atoms with Gasteiger partial charge in [0.1, 0.15) is 5.82 Å². The molecule has 0 unspecified atom stereocenters. The van der Waals surface area contributed by atoms with Gasteiger partial charge in [0, 0.05) is 41.7 Å². The number of nitrogens with zero attached hydrogens (tertiary/aromatic N) is 3. The van der Waals surface area contributed by atoms with Crippen LogP contribution < -0.4 is 0 Å². The topological polar surface area (TPSA) is 64.8 Å². The first-order chi connectivity index (χ1) is 8.47. The van der Waals surface area contributed by atoms with Gasteiger partial charge in [-0.3, -0.25) is 4.98 Å². The normalized spacial score (nSPS) is 11.7. The molecule has 5 nitrogen and oxygen atoms in total. The average Bonchev–Trinajstić information content (AvgIpc) is 2.69. The Morgan fingerprint density at radius 1 is 1.39 bits per heavy atom. The monoisotopic (exact) mass is 285 g/mol. The first kappa shape index (κ1) is 13.0. The summed E-state index contributed by atoms with van der Waals surface area (Å²) in [6, 6.07) is 5.69. The molecule has 0 amide bonds. The molecular formula is C11H12ClN3O2S. The summed E-state index contributed by atoms with van der Waals surface area (Å²) < 4.78 is 24.1. The molecule has 2 aromatic heterocycles. The van der Waals surface area contributed by atoms with Crippen LogP contribution in [0.25, 0.3) is 0 Å². The highest BCUT2D eigenvalue weighted by molar-refractivity contribution is 8.13. The predicted octanol–water partition coefficient (Wildman–Crippen LogP) is 1.76. The van der Waals surface area contributed by atoms with Crippen LogP contribution in [0.1, 0.15) is 11.5 Å². The molecule has 0 saturated heterocycles. The molecule has 96 valence electrons. The van der Waals surface area contributed by atoms with E-state index in [9.17, 15) is 8.42 Å². The molecule has 0 radical (unpaired) electrons. The Morgan fingerprint density at radius 3 is 2.72 bits per heavy atom. The fraction of sp³-hybridized carbons (Fsp3) is 0.273. The predicted molar refractivity (Wildman–Crippen MR) is 67.9 cm³/mol. The van der Waals surface area contributed by atoms with Gasteiger partial charge in [0.15, 0.2) is 5.03 Å². The maximum atomic E-state index is 11.1. The number of imidazole rings is 1. The molecule has 0 aliphatic rings. The summed E-state index contributed by atoms with van der Waals surface area (Å²) in [7, 11) is 1.48. The van der Waals surface area contributed by atoms with E-state index >= 15 is 0 Å². The summed E-state index contributed by atoms with van der Waals surface area (Å²) in [5.41, 5.74) is 0.945. The Hall–Kier alpha value is -1.40. The lowest BCUT2D eigenvalue weighted by molar-refractivity contribution is 0.606. The highest BCUT2D eigenvalue weighted by Crippen LogP contribution is 2.14. The van der Waals surface area contributed by atoms with Crippen molar-refractivity contribution >= 4 is 19.7 Å². The largest absolute Gasteiger partial charge is 0.333 e. The highest BCUT2D eigenvalue weighted by atomic mass is 35.7. The third-order valence-electron chi connectivity index (χ3n) is 2.54. The minimum Gasteiger partial charge on any atom is -0.333 e. The Labute approximate surface area is 110 Å². The van der Waals surface area contributed by atoms with Crippen molar-refractivity contribution in [2.24, 2.45) is 0 Å². The molecule has 0 aliphatic heterocycles. The Balaban J connectivity index is 2.13. The van der Waals surface area contributed by atoms with Gasteiger partial charge in [0.2, 0.25) is 0 Å². The zero-order valence-electron chi connectivity index (χ0n) is 9.75. The van der Waals surface area contributed by atoms with Crippen molar-refractivity contribution in [1.82, 2.24) is 14.5 Å². The summed E-state index contributed by atoms with van der Waals surface area (Å²) in [4.78, 5) is 8.12. The van der Waals surface area contributed by atoms with Crippen molar-refractivity contribution in [2.45, 2.75) is 24.9 Å². The molecular weight excluding hydrogens is 274 g/mol. The Kier molecular flexibility index (Phi) is 3.68. The Bertz CT molecular complexity index is 638. The molecule has 2 rings (SSSR count). The maximum absolute atomic E-state index is 11.1. The molecule has 0 saturated carbocycles. The minimum absolute atomic E-state index is 0.109. The van der Waals surface area contributed by atoms with Crippen LogP contribution in [-0.2, 0) is 22.0 Å². The Morgan fingerprint density at radius 2 is 2.17 bits per heavy atom. The second-order valence-electron chi connectivity index (χ2n) is 3.83. The van der Waals surface area contributed by atoms with Crippen LogP contribution in [0.2, 0.25) is 0 Å². The lowest BCUT2D eigenvalue weighted by atomic mass is 10.3. The number of pyridine rings is 1. The summed E-state index contributed by atoms with van der Waals surface area (Å²) >= 11 is 0. The van der Waals surface area contributed by atoms with Crippen LogP contribution in [0.3, 0.4) is 0 Å². The smallest absolute Gasteiger partial charge is 0.280 e. The van der Waals surface area contributed by atoms with Crippen molar-refractivity contribution < 1.29 is 8.42 Å². The maximum Gasteiger partial charge on any atom is 0.280 e. The van der Waals surface area contributed by atoms with Crippen LogP contribution in [0, 0.1) is 6.92 Å². The summed E-state index contributed by atoms with van der Waals surface area (Å²) in [5, 5.41) is -0.109. The van der Waals surface area contributed by atoms with E-state index in [1.165, 1.54) is 6.20 Å². The molecule has 0 atom stereocenters. The molecule has 0 N–H and O–H groups in total. The lowest BCUT2D eigenvalue weighted by Gasteiger charge is -2.03. The number of halogens is 1. The van der Waals surface area contributed by atoms with Crippen molar-refractivity contribution in [3.8, 4) is 0 Å². The second-order valence-corrected chi connectivity index (χ2v) is 6.34. The van der Waals surface area contributed by atoms with Gasteiger partial charge in [-0.15, -0.1) is 0 Å². The minimum atomic E-state index is -3.76. The molecule has 7 heteroatoms. The summed E-state index contributed by atoms with van der Waals surface area (Å²) in [6.45, 7) is 2.35. The first-order valence-electron chi connectivity index (χ1n) is 5.35. The molecule has 2 aromatic rings. The molecule has 2 heterocycles. The lowest BCUT2D eigenvalue weighted by Crippen LogP contribution is -2.03. The molecule has 0 aliphatic carbocycles. The van der Waals surface area contributed by atoms with E-state index in [-0.39, 0.29) is 5.03 Å². The number of hydrogen-bond donors (Lipinski definition) is 0. The van der Waals surface area contributed by atoms with Gasteiger partial charge in [-0.25, -0.2) is 13.4 Å². The number of aromatic nitrogens is 3. The molecule has 0 aromatic carbocycles. The van der Waals surface area contributed by atoms with Crippen LogP contribution in [-0.4, -0.2) is 23.0 Å². The van der Waals surface area contributed by atoms with Crippen molar-refractivity contribution in [3.63, 3.8) is 0 Å². The summed E-state index contributed by atoms with van der Waals surface area (Å²) in [5.74, 6) is 0.616. The fourth-order valence-electron chi connectivity index (χ4n) is 1.60. The standard InChI is InChI=1S/C11H12ClN3O2S/c1-9-14-11(18(12,16)17)8-15(9)7-5-10-4-2-3-6-13-10/h2-4,6,8H,5,7H2,1H3. The van der Waals surface area contributed by atoms with Gasteiger partial charge < -0.3 is 4.57 Å². The van der Waals surface area contributed by atoms with Crippen molar-refractivity contribution in [1.29, 1.82) is 0 Å². The molecule has 0 spiro atoms. The van der Waals surface area contributed by atoms with Crippen molar-refractivity contribution in [3.05, 3.63) is 42.1 Å². The average molecular weight is 286 g/mol. The third-order valence-corrected chi connectivity index (χ3v) is 3.71. The highest BCUT2D eigenvalue weighted by Gasteiger charge is 2.15. The van der Waals surface area contributed by atoms with Gasteiger partial charge >= 0.3 is 0 Å². The van der Waals surface area contributed by atoms with Crippen LogP contribution in [0.4, 0.5) is 0 Å². The molecule has 0 fully saturated rings. The molecule has 18 heavy (non-hydrogen) atoms. The zero-order valence-corrected chi connectivity index (χ0v) is 11.3. The van der Waals surface area contributed by atoms with Gasteiger partial charge in [0.05, 0.1) is 0 Å². The van der Waals surface area contributed by atoms with E-state index in [0.717, 1.165) is 5.69 Å². The number of aryl methyl sites for hydroxylation is 3. The zero-order chi connectivity index (χ0) is 13.2. The summed E-state index contributed by atoms with van der Waals surface area (Å²) in [6.07, 6.45) is 3.88. The van der Waals surface area contributed by atoms with Gasteiger partial charge in [-0.1, -0.05) is 6.07 Å². The van der Waals surface area contributed by atoms with E-state index in [1.807, 2.05) is 18.2 Å². The van der Waals surface area contributed by atoms with Gasteiger partial charge in [0.25, 0.3) is 9.05 Å². The van der Waals surface area contributed by atoms with E-state index in [0.29, 0.717) is 18.8 Å². The van der Waals surface area contributed by atoms with Crippen LogP contribution in [0.15, 0.2) is 35.6 Å². The SMILES string of the molecule is Cc1nc(S(=O)(=O)Cl)cn1CCc1ccccn1. The molecule has 0 bridgehead atoms. The van der Waals surface area contributed by atoms with Gasteiger partial charge in [-0.2, -0.15) is 0 Å². The second kappa shape index (κ2) is 5.07. The van der Waals surface area contributed by atoms with Gasteiger partial charge in [-0.05, 0) is 19.1 Å². The fourth-order valence-corrected chi connectivity index (χ4v) is 2.32. The van der Waals surface area contributed by atoms with Crippen molar-refractivity contribution in [2.75, 3.05) is 0 Å². The van der Waals surface area contributed by atoms with Crippen LogP contribution in [0.5, 0.6) is 0 Å².